The van der Waals surface area contributed by atoms with Gasteiger partial charge in [-0.1, -0.05) is 19.1 Å². The first-order chi connectivity index (χ1) is 6.11. The van der Waals surface area contributed by atoms with Crippen molar-refractivity contribution in [3.05, 3.63) is 34.6 Å². The fraction of sp³-hybridized carbons (Fsp3) is 0.364. The van der Waals surface area contributed by atoms with Gasteiger partial charge in [-0.3, -0.25) is 4.79 Å². The Hall–Kier alpha value is -1.18. The number of carbonyl (C=O) groups excluding carboxylic acids is 1. The number of halogens is 1. The Morgan fingerprint density at radius 1 is 1.46 bits per heavy atom. The quantitative estimate of drug-likeness (QED) is 0.596. The van der Waals surface area contributed by atoms with E-state index in [1.807, 2.05) is 13.0 Å². The Labute approximate surface area is 76.6 Å². The Morgan fingerprint density at radius 2 is 2.15 bits per heavy atom. The molecule has 0 N–H and O–H groups in total. The number of benzene rings is 1. The molecule has 1 atom stereocenters. The lowest BCUT2D eigenvalue weighted by Crippen LogP contribution is -2.05. The molecule has 0 fully saturated rings. The Kier molecular flexibility index (Phi) is 1.72. The minimum atomic E-state index is -0.327. The lowest BCUT2D eigenvalue weighted by molar-refractivity contribution is 0.0943. The molecule has 0 saturated carbocycles. The van der Waals surface area contributed by atoms with Gasteiger partial charge >= 0.3 is 0 Å². The minimum absolute atomic E-state index is 0.0452. The van der Waals surface area contributed by atoms with Crippen molar-refractivity contribution in [2.24, 2.45) is 5.92 Å². The monoisotopic (exact) mass is 178 g/mol. The van der Waals surface area contributed by atoms with E-state index in [4.69, 9.17) is 0 Å². The fourth-order valence-electron chi connectivity index (χ4n) is 1.83. The highest BCUT2D eigenvalue weighted by atomic mass is 19.1. The molecule has 1 aromatic carbocycles. The van der Waals surface area contributed by atoms with Gasteiger partial charge in [0.2, 0.25) is 0 Å². The molecule has 1 aliphatic rings. The van der Waals surface area contributed by atoms with Gasteiger partial charge in [-0.25, -0.2) is 4.39 Å². The lowest BCUT2D eigenvalue weighted by atomic mass is 10.1. The summed E-state index contributed by atoms with van der Waals surface area (Å²) in [5, 5.41) is 0. The third-order valence-corrected chi connectivity index (χ3v) is 2.64. The van der Waals surface area contributed by atoms with Crippen molar-refractivity contribution < 1.29 is 9.18 Å². The van der Waals surface area contributed by atoms with Crippen LogP contribution < -0.4 is 0 Å². The maximum absolute atomic E-state index is 13.5. The van der Waals surface area contributed by atoms with Crippen molar-refractivity contribution in [2.45, 2.75) is 20.3 Å². The van der Waals surface area contributed by atoms with E-state index >= 15 is 0 Å². The zero-order chi connectivity index (χ0) is 9.59. The number of hydrogen-bond donors (Lipinski definition) is 0. The third-order valence-electron chi connectivity index (χ3n) is 2.64. The molecule has 1 unspecified atom stereocenters. The number of ketones is 1. The Bertz CT molecular complexity index is 382. The van der Waals surface area contributed by atoms with Gasteiger partial charge in [-0.15, -0.1) is 0 Å². The number of carbonyl (C=O) groups is 1. The minimum Gasteiger partial charge on any atom is -0.294 e. The van der Waals surface area contributed by atoms with Crippen molar-refractivity contribution in [1.82, 2.24) is 0 Å². The third kappa shape index (κ3) is 1.09. The molecule has 0 heterocycles. The fourth-order valence-corrected chi connectivity index (χ4v) is 1.83. The second-order valence-corrected chi connectivity index (χ2v) is 3.70. The van der Waals surface area contributed by atoms with Crippen LogP contribution in [0.1, 0.15) is 28.4 Å². The summed E-state index contributed by atoms with van der Waals surface area (Å²) in [6, 6.07) is 3.59. The van der Waals surface area contributed by atoms with Gasteiger partial charge in [0.05, 0.1) is 5.56 Å². The number of Topliss-reactive ketones (excluding diaryl/α,β-unsaturated/α-hetero) is 1. The van der Waals surface area contributed by atoms with Crippen molar-refractivity contribution in [2.75, 3.05) is 0 Å². The van der Waals surface area contributed by atoms with Gasteiger partial charge < -0.3 is 0 Å². The average molecular weight is 178 g/mol. The van der Waals surface area contributed by atoms with Gasteiger partial charge in [0.15, 0.2) is 5.78 Å². The molecule has 13 heavy (non-hydrogen) atoms. The van der Waals surface area contributed by atoms with Crippen LogP contribution in [-0.2, 0) is 6.42 Å². The van der Waals surface area contributed by atoms with Crippen LogP contribution in [0.4, 0.5) is 4.39 Å². The van der Waals surface area contributed by atoms with Crippen molar-refractivity contribution in [3.8, 4) is 0 Å². The summed E-state index contributed by atoms with van der Waals surface area (Å²) >= 11 is 0. The highest BCUT2D eigenvalue weighted by Gasteiger charge is 2.30. The maximum atomic E-state index is 13.5. The number of rotatable bonds is 0. The van der Waals surface area contributed by atoms with Crippen LogP contribution in [0.25, 0.3) is 0 Å². The number of fused-ring (bicyclic) bond motifs is 1. The molecule has 0 bridgehead atoms. The lowest BCUT2D eigenvalue weighted by Gasteiger charge is -2.01. The second kappa shape index (κ2) is 2.66. The standard InChI is InChI=1S/C11H11FO/c1-6-3-4-8-5-7(2)11(13)9(8)10(6)12/h3-4,7H,5H2,1-2H3. The number of aryl methyl sites for hydroxylation is 1. The van der Waals surface area contributed by atoms with E-state index in [1.54, 1.807) is 13.0 Å². The molecular weight excluding hydrogens is 167 g/mol. The van der Waals surface area contributed by atoms with Crippen molar-refractivity contribution in [1.29, 1.82) is 0 Å². The van der Waals surface area contributed by atoms with Crippen LogP contribution in [0.2, 0.25) is 0 Å². The van der Waals surface area contributed by atoms with Crippen LogP contribution in [0, 0.1) is 18.7 Å². The van der Waals surface area contributed by atoms with E-state index in [-0.39, 0.29) is 17.5 Å². The van der Waals surface area contributed by atoms with Gasteiger partial charge in [0, 0.05) is 5.92 Å². The van der Waals surface area contributed by atoms with E-state index in [9.17, 15) is 9.18 Å². The van der Waals surface area contributed by atoms with E-state index in [0.717, 1.165) is 5.56 Å². The molecule has 0 radical (unpaired) electrons. The summed E-state index contributed by atoms with van der Waals surface area (Å²) < 4.78 is 13.5. The molecule has 0 aromatic heterocycles. The zero-order valence-electron chi connectivity index (χ0n) is 7.73. The number of hydrogen-bond acceptors (Lipinski definition) is 1. The van der Waals surface area contributed by atoms with E-state index in [0.29, 0.717) is 17.5 Å². The maximum Gasteiger partial charge on any atom is 0.169 e. The van der Waals surface area contributed by atoms with E-state index in [1.165, 1.54) is 0 Å². The molecule has 0 amide bonds. The van der Waals surface area contributed by atoms with Crippen LogP contribution >= 0.6 is 0 Å². The smallest absolute Gasteiger partial charge is 0.169 e. The highest BCUT2D eigenvalue weighted by molar-refractivity contribution is 6.02. The van der Waals surface area contributed by atoms with E-state index in [2.05, 4.69) is 0 Å². The van der Waals surface area contributed by atoms with Gasteiger partial charge in [-0.05, 0) is 24.5 Å². The summed E-state index contributed by atoms with van der Waals surface area (Å²) in [5.41, 5.74) is 1.74. The van der Waals surface area contributed by atoms with Crippen molar-refractivity contribution >= 4 is 5.78 Å². The molecule has 2 heteroatoms. The second-order valence-electron chi connectivity index (χ2n) is 3.70. The topological polar surface area (TPSA) is 17.1 Å². The van der Waals surface area contributed by atoms with Crippen molar-refractivity contribution in [3.63, 3.8) is 0 Å². The van der Waals surface area contributed by atoms with Crippen LogP contribution in [0.3, 0.4) is 0 Å². The average Bonchev–Trinajstić information content (AvgIpc) is 2.37. The molecule has 1 nitrogen and oxygen atoms in total. The summed E-state index contributed by atoms with van der Waals surface area (Å²) in [4.78, 5) is 11.5. The Morgan fingerprint density at radius 3 is 2.85 bits per heavy atom. The predicted octanol–water partition coefficient (Wildman–Crippen LogP) is 2.51. The molecule has 0 spiro atoms. The van der Waals surface area contributed by atoms with Crippen LogP contribution in [-0.4, -0.2) is 5.78 Å². The van der Waals surface area contributed by atoms with Gasteiger partial charge in [-0.2, -0.15) is 0 Å². The molecule has 2 rings (SSSR count). The predicted molar refractivity (Wildman–Crippen MR) is 48.3 cm³/mol. The molecule has 1 aliphatic carbocycles. The largest absolute Gasteiger partial charge is 0.294 e. The first-order valence-electron chi connectivity index (χ1n) is 4.43. The van der Waals surface area contributed by atoms with E-state index < -0.39 is 0 Å². The first-order valence-corrected chi connectivity index (χ1v) is 4.43. The summed E-state index contributed by atoms with van der Waals surface area (Å²) in [7, 11) is 0. The first kappa shape index (κ1) is 8.42. The molecule has 0 saturated heterocycles. The Balaban J connectivity index is 2.66. The summed E-state index contributed by atoms with van der Waals surface area (Å²) in [6.45, 7) is 3.53. The van der Waals surface area contributed by atoms with Gasteiger partial charge in [0.25, 0.3) is 0 Å². The summed E-state index contributed by atoms with van der Waals surface area (Å²) in [5.74, 6) is -0.422. The SMILES string of the molecule is Cc1ccc2c(c1F)C(=O)C(C)C2. The highest BCUT2D eigenvalue weighted by Crippen LogP contribution is 2.29. The normalized spacial score (nSPS) is 20.5. The van der Waals surface area contributed by atoms with Crippen LogP contribution in [0.15, 0.2) is 12.1 Å². The van der Waals surface area contributed by atoms with Crippen LogP contribution in [0.5, 0.6) is 0 Å². The zero-order valence-corrected chi connectivity index (χ0v) is 7.73. The van der Waals surface area contributed by atoms with Gasteiger partial charge in [0.1, 0.15) is 5.82 Å². The molecule has 68 valence electrons. The molecule has 0 aliphatic heterocycles. The molecule has 1 aromatic rings. The summed E-state index contributed by atoms with van der Waals surface area (Å²) in [6.07, 6.45) is 0.686. The molecular formula is C11H11FO.